The summed E-state index contributed by atoms with van der Waals surface area (Å²) in [5, 5.41) is 0. The second-order valence-corrected chi connectivity index (χ2v) is 0.359. The van der Waals surface area contributed by atoms with E-state index in [1.54, 1.807) is 0 Å². The Bertz CT molecular complexity index is 15.5. The SMILES string of the molecule is O=NBr.[Co]. The van der Waals surface area contributed by atoms with Gasteiger partial charge in [0.2, 0.25) is 0 Å². The zero-order valence-electron chi connectivity index (χ0n) is 1.57. The van der Waals surface area contributed by atoms with Crippen LogP contribution in [-0.4, -0.2) is 0 Å². The molecule has 4 heavy (non-hydrogen) atoms. The molecular weight excluding hydrogens is 169 g/mol. The van der Waals surface area contributed by atoms with E-state index in [1.807, 2.05) is 0 Å². The number of hydrogen-bond donors (Lipinski definition) is 0. The summed E-state index contributed by atoms with van der Waals surface area (Å²) in [5.74, 6) is 0. The first-order valence-corrected chi connectivity index (χ1v) is 1.06. The Kier molecular flexibility index (Phi) is 21.0. The molecule has 0 saturated heterocycles. The Morgan fingerprint density at radius 3 is 1.75 bits per heavy atom. The summed E-state index contributed by atoms with van der Waals surface area (Å²) in [5.41, 5.74) is 0. The van der Waals surface area contributed by atoms with Crippen molar-refractivity contribution in [2.45, 2.75) is 0 Å². The molecule has 0 aromatic heterocycles. The van der Waals surface area contributed by atoms with Crippen LogP contribution in [0.1, 0.15) is 0 Å². The number of hydrogen-bond acceptors (Lipinski definition) is 2. The largest absolute Gasteiger partial charge is 0.137 e. The molecule has 0 aliphatic heterocycles. The second-order valence-electron chi connectivity index (χ2n) is 0.0690. The van der Waals surface area contributed by atoms with Crippen molar-refractivity contribution >= 4 is 16.1 Å². The van der Waals surface area contributed by atoms with Crippen LogP contribution in [-0.2, 0) is 16.8 Å². The van der Waals surface area contributed by atoms with Gasteiger partial charge in [0.1, 0.15) is 16.1 Å². The monoisotopic (exact) mass is 168 g/mol. The minimum absolute atomic E-state index is 0. The molecule has 1 radical (unpaired) electrons. The van der Waals surface area contributed by atoms with Gasteiger partial charge in [0.05, 0.1) is 0 Å². The fourth-order valence-electron chi connectivity index (χ4n) is 0. The topological polar surface area (TPSA) is 29.4 Å². The molecule has 0 bridgehead atoms. The smallest absolute Gasteiger partial charge is 0.126 e. The van der Waals surface area contributed by atoms with Gasteiger partial charge in [0, 0.05) is 21.0 Å². The fraction of sp³-hybridized carbons (Fsp3) is 0. The number of halogens is 1. The third-order valence-electron chi connectivity index (χ3n) is 0. The van der Waals surface area contributed by atoms with Crippen molar-refractivity contribution in [3.8, 4) is 0 Å². The molecule has 0 aromatic rings. The first-order chi connectivity index (χ1) is 1.41. The molecule has 0 aliphatic carbocycles. The van der Waals surface area contributed by atoms with Gasteiger partial charge < -0.3 is 0 Å². The van der Waals surface area contributed by atoms with Gasteiger partial charge in [-0.25, -0.2) is 0 Å². The van der Waals surface area contributed by atoms with E-state index in [-0.39, 0.29) is 16.8 Å². The maximum Gasteiger partial charge on any atom is 0.126 e. The third kappa shape index (κ3) is 18.9. The van der Waals surface area contributed by atoms with Crippen LogP contribution in [0.3, 0.4) is 0 Å². The minimum atomic E-state index is 0. The maximum absolute atomic E-state index is 8.47. The van der Waals surface area contributed by atoms with Crippen LogP contribution in [0.25, 0.3) is 0 Å². The van der Waals surface area contributed by atoms with Crippen molar-refractivity contribution in [2.24, 2.45) is 4.20 Å². The van der Waals surface area contributed by atoms with Gasteiger partial charge in [0.15, 0.2) is 0 Å². The van der Waals surface area contributed by atoms with Crippen LogP contribution < -0.4 is 0 Å². The van der Waals surface area contributed by atoms with Crippen LogP contribution in [0, 0.1) is 4.91 Å². The summed E-state index contributed by atoms with van der Waals surface area (Å²) < 4.78 is 2.06. The average Bonchev–Trinajstić information content (AvgIpc) is 0.918. The molecule has 0 amide bonds. The molecule has 0 fully saturated rings. The quantitative estimate of drug-likeness (QED) is 0.498. The van der Waals surface area contributed by atoms with Crippen LogP contribution in [0.15, 0.2) is 4.20 Å². The Labute approximate surface area is 42.5 Å². The van der Waals surface area contributed by atoms with E-state index >= 15 is 0 Å². The van der Waals surface area contributed by atoms with Crippen molar-refractivity contribution in [1.29, 1.82) is 0 Å². The normalized spacial score (nSPS) is 3.25. The van der Waals surface area contributed by atoms with Gasteiger partial charge in [-0.15, -0.1) is 4.91 Å². The van der Waals surface area contributed by atoms with Crippen molar-refractivity contribution in [3.05, 3.63) is 4.91 Å². The summed E-state index contributed by atoms with van der Waals surface area (Å²) >= 11 is 2.22. The molecule has 0 aliphatic rings. The van der Waals surface area contributed by atoms with E-state index in [1.165, 1.54) is 0 Å². The van der Waals surface area contributed by atoms with Crippen molar-refractivity contribution in [2.75, 3.05) is 0 Å². The summed E-state index contributed by atoms with van der Waals surface area (Å²) in [6, 6.07) is 0. The minimum Gasteiger partial charge on any atom is -0.137 e. The van der Waals surface area contributed by atoms with Gasteiger partial charge in [-0.2, -0.15) is 0 Å². The van der Waals surface area contributed by atoms with Gasteiger partial charge in [0.25, 0.3) is 0 Å². The van der Waals surface area contributed by atoms with E-state index in [2.05, 4.69) is 20.4 Å². The maximum atomic E-state index is 8.47. The molecule has 0 saturated carbocycles. The van der Waals surface area contributed by atoms with Crippen LogP contribution in [0.2, 0.25) is 0 Å². The summed E-state index contributed by atoms with van der Waals surface area (Å²) in [6.45, 7) is 0. The molecule has 0 N–H and O–H groups in total. The zero-order valence-corrected chi connectivity index (χ0v) is 4.19. The average molecular weight is 169 g/mol. The van der Waals surface area contributed by atoms with E-state index in [0.29, 0.717) is 0 Å². The first kappa shape index (κ1) is 8.82. The second kappa shape index (κ2) is 9.53. The first-order valence-electron chi connectivity index (χ1n) is 0.352. The molecule has 0 atom stereocenters. The molecule has 0 heterocycles. The summed E-state index contributed by atoms with van der Waals surface area (Å²) in [7, 11) is 0. The fourth-order valence-corrected chi connectivity index (χ4v) is 0. The Hall–Kier alpha value is 0.586. The molecular formula is BrCoNO. The van der Waals surface area contributed by atoms with Gasteiger partial charge in [-0.1, -0.05) is 0 Å². The molecule has 0 rings (SSSR count). The van der Waals surface area contributed by atoms with Crippen molar-refractivity contribution < 1.29 is 16.8 Å². The number of nitroso groups, excluding NO2 is 1. The van der Waals surface area contributed by atoms with Crippen molar-refractivity contribution in [1.82, 2.24) is 0 Å². The molecule has 0 aromatic carbocycles. The number of nitrogens with zero attached hydrogens (tertiary/aromatic N) is 1. The summed E-state index contributed by atoms with van der Waals surface area (Å²) in [6.07, 6.45) is 0. The van der Waals surface area contributed by atoms with Crippen LogP contribution in [0.4, 0.5) is 0 Å². The molecule has 0 spiro atoms. The van der Waals surface area contributed by atoms with Gasteiger partial charge >= 0.3 is 0 Å². The Balaban J connectivity index is 0. The standard InChI is InChI=1S/BrNO.Co/c1-2-3;. The molecule has 0 unspecified atom stereocenters. The predicted molar refractivity (Wildman–Crippen MR) is 14.7 cm³/mol. The molecule has 4 heteroatoms. The third-order valence-corrected chi connectivity index (χ3v) is 0. The predicted octanol–water partition coefficient (Wildman–Crippen LogP) is 1.06. The van der Waals surface area contributed by atoms with Gasteiger partial charge in [-0.05, 0) is 0 Å². The molecule has 27 valence electrons. The number of rotatable bonds is 0. The Morgan fingerprint density at radius 2 is 1.75 bits per heavy atom. The van der Waals surface area contributed by atoms with Crippen molar-refractivity contribution in [3.63, 3.8) is 0 Å². The van der Waals surface area contributed by atoms with E-state index < -0.39 is 0 Å². The van der Waals surface area contributed by atoms with Crippen LogP contribution in [0.5, 0.6) is 0 Å². The van der Waals surface area contributed by atoms with E-state index in [0.717, 1.165) is 0 Å². The van der Waals surface area contributed by atoms with Crippen LogP contribution >= 0.6 is 16.1 Å². The van der Waals surface area contributed by atoms with E-state index in [9.17, 15) is 0 Å². The zero-order chi connectivity index (χ0) is 2.71. The van der Waals surface area contributed by atoms with Gasteiger partial charge in [-0.3, -0.25) is 0 Å². The Morgan fingerprint density at radius 1 is 1.75 bits per heavy atom. The van der Waals surface area contributed by atoms with E-state index in [4.69, 9.17) is 4.91 Å². The summed E-state index contributed by atoms with van der Waals surface area (Å²) in [4.78, 5) is 8.47. The molecule has 2 nitrogen and oxygen atoms in total.